The molecule has 2 rings (SSSR count). The van der Waals surface area contributed by atoms with Gasteiger partial charge >= 0.3 is 0 Å². The van der Waals surface area contributed by atoms with E-state index in [4.69, 9.17) is 10.2 Å². The number of rotatable bonds is 2. The molecule has 0 unspecified atom stereocenters. The molecule has 2 fully saturated rings. The predicted octanol–water partition coefficient (Wildman–Crippen LogP) is -0.0840. The van der Waals surface area contributed by atoms with Gasteiger partial charge in [-0.05, 0) is 0 Å². The van der Waals surface area contributed by atoms with E-state index in [9.17, 15) is 8.78 Å². The lowest BCUT2D eigenvalue weighted by molar-refractivity contribution is 0.174. The number of hydrogen-bond acceptors (Lipinski definition) is 4. The van der Waals surface area contributed by atoms with E-state index in [1.165, 1.54) is 0 Å². The molecule has 0 amide bonds. The molecule has 0 radical (unpaired) electrons. The van der Waals surface area contributed by atoms with Crippen LogP contribution < -0.4 is 10.6 Å². The second-order valence-electron chi connectivity index (χ2n) is 4.23. The molecule has 2 saturated heterocycles. The third-order valence-corrected chi connectivity index (χ3v) is 2.98. The van der Waals surface area contributed by atoms with Crippen LogP contribution in [-0.4, -0.2) is 61.9 Å². The highest BCUT2D eigenvalue weighted by molar-refractivity contribution is 5.85. The summed E-state index contributed by atoms with van der Waals surface area (Å²) in [6.45, 7) is 1.99. The Kier molecular flexibility index (Phi) is 12.7. The van der Waals surface area contributed by atoms with Crippen LogP contribution in [0.15, 0.2) is 0 Å². The second kappa shape index (κ2) is 11.1. The summed E-state index contributed by atoms with van der Waals surface area (Å²) in [4.78, 5) is 0. The van der Waals surface area contributed by atoms with Crippen molar-refractivity contribution in [2.24, 2.45) is 11.8 Å². The molecular weight excluding hydrogens is 289 g/mol. The number of hydrogen-bond donors (Lipinski definition) is 4. The summed E-state index contributed by atoms with van der Waals surface area (Å²) in [6, 6.07) is 0. The number of nitrogens with one attached hydrogen (secondary N) is 2. The molecular formula is C10H22Cl2F2N2O2. The van der Waals surface area contributed by atoms with Crippen LogP contribution in [0.5, 0.6) is 0 Å². The van der Waals surface area contributed by atoms with Crippen LogP contribution in [-0.2, 0) is 0 Å². The molecule has 0 aromatic carbocycles. The highest BCUT2D eigenvalue weighted by Gasteiger charge is 2.25. The van der Waals surface area contributed by atoms with E-state index in [0.717, 1.165) is 0 Å². The van der Waals surface area contributed by atoms with Gasteiger partial charge in [0.2, 0.25) is 0 Å². The van der Waals surface area contributed by atoms with E-state index in [1.807, 2.05) is 0 Å². The molecule has 112 valence electrons. The van der Waals surface area contributed by atoms with Crippen molar-refractivity contribution in [2.45, 2.75) is 12.3 Å². The van der Waals surface area contributed by atoms with Crippen molar-refractivity contribution in [1.29, 1.82) is 0 Å². The second-order valence-corrected chi connectivity index (χ2v) is 4.23. The zero-order valence-corrected chi connectivity index (χ0v) is 11.7. The first-order valence-corrected chi connectivity index (χ1v) is 5.60. The van der Waals surface area contributed by atoms with Gasteiger partial charge < -0.3 is 20.8 Å². The van der Waals surface area contributed by atoms with Crippen LogP contribution >= 0.6 is 24.8 Å². The van der Waals surface area contributed by atoms with Gasteiger partial charge in [-0.1, -0.05) is 0 Å². The Balaban J connectivity index is 0. The number of aliphatic hydroxyl groups excluding tert-OH is 2. The lowest BCUT2D eigenvalue weighted by Gasteiger charge is -2.04. The summed E-state index contributed by atoms with van der Waals surface area (Å²) >= 11 is 0. The first-order valence-electron chi connectivity index (χ1n) is 5.60. The van der Waals surface area contributed by atoms with Crippen molar-refractivity contribution in [3.05, 3.63) is 0 Å². The summed E-state index contributed by atoms with van der Waals surface area (Å²) in [5.41, 5.74) is 0. The maximum absolute atomic E-state index is 12.4. The first-order chi connectivity index (χ1) is 7.69. The molecule has 0 aromatic heterocycles. The quantitative estimate of drug-likeness (QED) is 0.576. The third kappa shape index (κ3) is 6.45. The van der Waals surface area contributed by atoms with Gasteiger partial charge in [0.15, 0.2) is 0 Å². The Hall–Kier alpha value is 0.280. The first kappa shape index (κ1) is 20.6. The molecule has 8 heteroatoms. The van der Waals surface area contributed by atoms with E-state index >= 15 is 0 Å². The zero-order valence-electron chi connectivity index (χ0n) is 10.0. The Labute approximate surface area is 118 Å². The lowest BCUT2D eigenvalue weighted by atomic mass is 10.1. The third-order valence-electron chi connectivity index (χ3n) is 2.98. The minimum absolute atomic E-state index is 0. The molecule has 4 atom stereocenters. The molecule has 0 aliphatic carbocycles. The molecule has 2 heterocycles. The SMILES string of the molecule is Cl.Cl.OC[C@@H]1CNC[C@H]1F.OC[C@H]1CNC[C@@H]1F. The van der Waals surface area contributed by atoms with Crippen LogP contribution in [0.4, 0.5) is 8.78 Å². The molecule has 4 nitrogen and oxygen atoms in total. The van der Waals surface area contributed by atoms with Crippen molar-refractivity contribution in [1.82, 2.24) is 10.6 Å². The molecule has 0 saturated carbocycles. The number of aliphatic hydroxyl groups is 2. The summed E-state index contributed by atoms with van der Waals surface area (Å²) in [5, 5.41) is 22.6. The largest absolute Gasteiger partial charge is 0.396 e. The Bertz CT molecular complexity index is 187. The monoisotopic (exact) mass is 310 g/mol. The fourth-order valence-corrected chi connectivity index (χ4v) is 1.76. The van der Waals surface area contributed by atoms with Crippen molar-refractivity contribution in [3.8, 4) is 0 Å². The van der Waals surface area contributed by atoms with E-state index < -0.39 is 12.3 Å². The van der Waals surface area contributed by atoms with E-state index in [0.29, 0.717) is 26.2 Å². The predicted molar refractivity (Wildman–Crippen MR) is 71.2 cm³/mol. The average Bonchev–Trinajstić information content (AvgIpc) is 2.87. The van der Waals surface area contributed by atoms with Gasteiger partial charge in [0.25, 0.3) is 0 Å². The van der Waals surface area contributed by atoms with Gasteiger partial charge in [-0.15, -0.1) is 24.8 Å². The van der Waals surface area contributed by atoms with Crippen LogP contribution in [0.1, 0.15) is 0 Å². The molecule has 18 heavy (non-hydrogen) atoms. The van der Waals surface area contributed by atoms with E-state index in [1.54, 1.807) is 0 Å². The van der Waals surface area contributed by atoms with Crippen molar-refractivity contribution < 1.29 is 19.0 Å². The topological polar surface area (TPSA) is 64.5 Å². The maximum Gasteiger partial charge on any atom is 0.119 e. The molecule has 4 N–H and O–H groups in total. The van der Waals surface area contributed by atoms with Crippen molar-refractivity contribution in [2.75, 3.05) is 39.4 Å². The van der Waals surface area contributed by atoms with E-state index in [2.05, 4.69) is 10.6 Å². The maximum atomic E-state index is 12.4. The van der Waals surface area contributed by atoms with E-state index in [-0.39, 0.29) is 49.9 Å². The Morgan fingerprint density at radius 1 is 0.778 bits per heavy atom. The summed E-state index contributed by atoms with van der Waals surface area (Å²) in [5.74, 6) is -0.315. The summed E-state index contributed by atoms with van der Waals surface area (Å²) in [7, 11) is 0. The van der Waals surface area contributed by atoms with Crippen LogP contribution in [0, 0.1) is 11.8 Å². The van der Waals surface area contributed by atoms with Crippen molar-refractivity contribution >= 4 is 24.8 Å². The van der Waals surface area contributed by atoms with Gasteiger partial charge in [0.05, 0.1) is 0 Å². The normalized spacial score (nSPS) is 34.0. The highest BCUT2D eigenvalue weighted by Crippen LogP contribution is 2.11. The van der Waals surface area contributed by atoms with Crippen LogP contribution in [0.25, 0.3) is 0 Å². The fourth-order valence-electron chi connectivity index (χ4n) is 1.76. The average molecular weight is 311 g/mol. The zero-order chi connectivity index (χ0) is 12.0. The highest BCUT2D eigenvalue weighted by atomic mass is 35.5. The Morgan fingerprint density at radius 2 is 1.11 bits per heavy atom. The molecule has 0 bridgehead atoms. The van der Waals surface area contributed by atoms with Gasteiger partial charge in [0, 0.05) is 51.2 Å². The lowest BCUT2D eigenvalue weighted by Crippen LogP contribution is -2.16. The van der Waals surface area contributed by atoms with Gasteiger partial charge in [-0.25, -0.2) is 8.78 Å². The molecule has 0 spiro atoms. The minimum Gasteiger partial charge on any atom is -0.396 e. The molecule has 2 aliphatic rings. The smallest absolute Gasteiger partial charge is 0.119 e. The number of halogens is 4. The molecule has 2 aliphatic heterocycles. The van der Waals surface area contributed by atoms with Crippen LogP contribution in [0.3, 0.4) is 0 Å². The van der Waals surface area contributed by atoms with Gasteiger partial charge in [-0.2, -0.15) is 0 Å². The van der Waals surface area contributed by atoms with Crippen molar-refractivity contribution in [3.63, 3.8) is 0 Å². The van der Waals surface area contributed by atoms with Gasteiger partial charge in [-0.3, -0.25) is 0 Å². The molecule has 0 aromatic rings. The summed E-state index contributed by atoms with van der Waals surface area (Å²) < 4.78 is 24.7. The number of alkyl halides is 2. The standard InChI is InChI=1S/2C5H10FNO.2ClH/c2*6-5-2-7-1-4(5)3-8;;/h2*4-5,7-8H,1-3H2;2*1H/t2*4-,5+;;/m10../s1. The van der Waals surface area contributed by atoms with Crippen LogP contribution in [0.2, 0.25) is 0 Å². The summed E-state index contributed by atoms with van der Waals surface area (Å²) in [6.07, 6.45) is -1.67. The fraction of sp³-hybridized carbons (Fsp3) is 1.00. The Morgan fingerprint density at radius 3 is 1.22 bits per heavy atom. The van der Waals surface area contributed by atoms with Gasteiger partial charge in [0.1, 0.15) is 12.3 Å². The minimum atomic E-state index is -0.833.